The van der Waals surface area contributed by atoms with Gasteiger partial charge in [-0.15, -0.1) is 0 Å². The van der Waals surface area contributed by atoms with E-state index in [0.717, 1.165) is 23.3 Å². The third kappa shape index (κ3) is 2.11. The van der Waals surface area contributed by atoms with Crippen LogP contribution in [-0.2, 0) is 0 Å². The summed E-state index contributed by atoms with van der Waals surface area (Å²) in [5, 5.41) is 0. The molecule has 1 heterocycles. The molecule has 82 valence electrons. The topological polar surface area (TPSA) is 12.9 Å². The lowest BCUT2D eigenvalue weighted by molar-refractivity contribution is 0.492. The van der Waals surface area contributed by atoms with E-state index in [4.69, 9.17) is 0 Å². The monoisotopic (exact) mass is 215 g/mol. The molecule has 1 atom stereocenters. The van der Waals surface area contributed by atoms with Gasteiger partial charge in [0.05, 0.1) is 5.69 Å². The molecule has 0 aliphatic heterocycles. The van der Waals surface area contributed by atoms with Crippen LogP contribution in [0.15, 0.2) is 42.9 Å². The number of hydrogen-bond acceptors (Lipinski definition) is 1. The molecule has 1 nitrogen and oxygen atoms in total. The molecule has 16 heavy (non-hydrogen) atoms. The smallest absolute Gasteiger partial charge is 0.104 e. The molecule has 0 fully saturated rings. The molecular formula is C14H14FN. The average Bonchev–Trinajstić information content (AvgIpc) is 2.33. The largest absolute Gasteiger partial charge is 0.256 e. The lowest BCUT2D eigenvalue weighted by Gasteiger charge is -2.14. The van der Waals surface area contributed by atoms with Crippen LogP contribution < -0.4 is 0 Å². The maximum absolute atomic E-state index is 13.4. The van der Waals surface area contributed by atoms with E-state index in [0.29, 0.717) is 0 Å². The quantitative estimate of drug-likeness (QED) is 0.726. The van der Waals surface area contributed by atoms with Gasteiger partial charge in [0, 0.05) is 12.1 Å². The number of halogens is 1. The highest BCUT2D eigenvalue weighted by atomic mass is 19.1. The van der Waals surface area contributed by atoms with Gasteiger partial charge < -0.3 is 0 Å². The lowest BCUT2D eigenvalue weighted by Crippen LogP contribution is -2.00. The summed E-state index contributed by atoms with van der Waals surface area (Å²) in [4.78, 5) is 4.21. The van der Waals surface area contributed by atoms with E-state index in [9.17, 15) is 4.39 Å². The van der Waals surface area contributed by atoms with Crippen LogP contribution in [0.1, 0.15) is 24.6 Å². The first-order valence-electron chi connectivity index (χ1n) is 5.37. The van der Waals surface area contributed by atoms with Gasteiger partial charge in [0.15, 0.2) is 0 Å². The summed E-state index contributed by atoms with van der Waals surface area (Å²) < 4.78 is 13.4. The SMILES string of the molecule is C=Cc1ccc(C2=CCC(C)C(F)=C2)cn1. The zero-order chi connectivity index (χ0) is 11.5. The number of rotatable bonds is 2. The summed E-state index contributed by atoms with van der Waals surface area (Å²) in [6.07, 6.45) is 7.85. The average molecular weight is 215 g/mol. The molecule has 1 aromatic rings. The highest BCUT2D eigenvalue weighted by Crippen LogP contribution is 2.29. The molecular weight excluding hydrogens is 201 g/mol. The Morgan fingerprint density at radius 3 is 2.88 bits per heavy atom. The van der Waals surface area contributed by atoms with E-state index in [1.54, 1.807) is 18.3 Å². The van der Waals surface area contributed by atoms with Crippen molar-refractivity contribution in [1.29, 1.82) is 0 Å². The minimum atomic E-state index is -0.0507. The molecule has 2 rings (SSSR count). The number of hydrogen-bond donors (Lipinski definition) is 0. The molecule has 1 aliphatic carbocycles. The Morgan fingerprint density at radius 2 is 2.31 bits per heavy atom. The van der Waals surface area contributed by atoms with E-state index in [1.807, 2.05) is 19.1 Å². The number of nitrogens with zero attached hydrogens (tertiary/aromatic N) is 1. The van der Waals surface area contributed by atoms with Crippen molar-refractivity contribution in [3.8, 4) is 0 Å². The molecule has 0 saturated heterocycles. The van der Waals surface area contributed by atoms with Gasteiger partial charge in [0.2, 0.25) is 0 Å². The molecule has 0 radical (unpaired) electrons. The fourth-order valence-electron chi connectivity index (χ4n) is 1.66. The number of aromatic nitrogens is 1. The first kappa shape index (κ1) is 10.8. The van der Waals surface area contributed by atoms with Crippen LogP contribution in [0, 0.1) is 5.92 Å². The van der Waals surface area contributed by atoms with Crippen molar-refractivity contribution >= 4 is 11.6 Å². The molecule has 1 unspecified atom stereocenters. The van der Waals surface area contributed by atoms with E-state index in [1.165, 1.54) is 0 Å². The lowest BCUT2D eigenvalue weighted by atomic mass is 9.94. The summed E-state index contributed by atoms with van der Waals surface area (Å²) in [5.41, 5.74) is 2.70. The highest BCUT2D eigenvalue weighted by molar-refractivity contribution is 5.75. The maximum atomic E-state index is 13.4. The minimum Gasteiger partial charge on any atom is -0.256 e. The van der Waals surface area contributed by atoms with E-state index < -0.39 is 0 Å². The fraction of sp³-hybridized carbons (Fsp3) is 0.214. The zero-order valence-electron chi connectivity index (χ0n) is 9.28. The zero-order valence-corrected chi connectivity index (χ0v) is 9.28. The summed E-state index contributed by atoms with van der Waals surface area (Å²) in [7, 11) is 0. The van der Waals surface area contributed by atoms with Gasteiger partial charge in [-0.3, -0.25) is 4.98 Å². The Balaban J connectivity index is 2.28. The summed E-state index contributed by atoms with van der Waals surface area (Å²) in [5.74, 6) is -0.0468. The molecule has 1 aromatic heterocycles. The molecule has 0 N–H and O–H groups in total. The van der Waals surface area contributed by atoms with Crippen molar-refractivity contribution in [2.24, 2.45) is 5.92 Å². The summed E-state index contributed by atoms with van der Waals surface area (Å²) >= 11 is 0. The van der Waals surface area contributed by atoms with Gasteiger partial charge in [-0.25, -0.2) is 4.39 Å². The molecule has 0 saturated carbocycles. The molecule has 0 aromatic carbocycles. The second-order valence-corrected chi connectivity index (χ2v) is 4.00. The first-order chi connectivity index (χ1) is 7.70. The second-order valence-electron chi connectivity index (χ2n) is 4.00. The summed E-state index contributed by atoms with van der Waals surface area (Å²) in [6.45, 7) is 5.53. The predicted molar refractivity (Wildman–Crippen MR) is 65.3 cm³/mol. The van der Waals surface area contributed by atoms with Crippen molar-refractivity contribution in [3.63, 3.8) is 0 Å². The molecule has 2 heteroatoms. The maximum Gasteiger partial charge on any atom is 0.104 e. The van der Waals surface area contributed by atoms with Gasteiger partial charge in [0.25, 0.3) is 0 Å². The van der Waals surface area contributed by atoms with Gasteiger partial charge >= 0.3 is 0 Å². The van der Waals surface area contributed by atoms with Crippen molar-refractivity contribution in [3.05, 3.63) is 54.1 Å². The Hall–Kier alpha value is -1.70. The number of pyridine rings is 1. The third-order valence-electron chi connectivity index (χ3n) is 2.78. The van der Waals surface area contributed by atoms with Crippen molar-refractivity contribution in [2.75, 3.05) is 0 Å². The minimum absolute atomic E-state index is 0.00385. The van der Waals surface area contributed by atoms with Gasteiger partial charge in [0.1, 0.15) is 5.83 Å². The van der Waals surface area contributed by atoms with E-state index in [2.05, 4.69) is 17.6 Å². The highest BCUT2D eigenvalue weighted by Gasteiger charge is 2.13. The molecule has 0 bridgehead atoms. The predicted octanol–water partition coefficient (Wildman–Crippen LogP) is 4.00. The third-order valence-corrected chi connectivity index (χ3v) is 2.78. The molecule has 1 aliphatic rings. The van der Waals surface area contributed by atoms with Crippen LogP contribution in [0.3, 0.4) is 0 Å². The second kappa shape index (κ2) is 4.44. The standard InChI is InChI=1S/C14H14FN/c1-3-13-7-6-12(9-16-13)11-5-4-10(2)14(15)8-11/h3,5-10H,1,4H2,2H3. The van der Waals surface area contributed by atoms with Gasteiger partial charge in [-0.2, -0.15) is 0 Å². The van der Waals surface area contributed by atoms with Gasteiger partial charge in [-0.1, -0.05) is 25.6 Å². The Kier molecular flexibility index (Phi) is 3.00. The van der Waals surface area contributed by atoms with Crippen LogP contribution >= 0.6 is 0 Å². The Labute approximate surface area is 95.0 Å². The normalized spacial score (nSPS) is 20.0. The fourth-order valence-corrected chi connectivity index (χ4v) is 1.66. The number of allylic oxidation sites excluding steroid dienone is 4. The molecule has 0 amide bonds. The van der Waals surface area contributed by atoms with E-state index in [-0.39, 0.29) is 11.7 Å². The van der Waals surface area contributed by atoms with Crippen LogP contribution in [0.25, 0.3) is 11.6 Å². The van der Waals surface area contributed by atoms with E-state index >= 15 is 0 Å². The van der Waals surface area contributed by atoms with Gasteiger partial charge in [-0.05, 0) is 35.8 Å². The Bertz CT molecular complexity index is 454. The van der Waals surface area contributed by atoms with Crippen LogP contribution in [0.4, 0.5) is 4.39 Å². The summed E-state index contributed by atoms with van der Waals surface area (Å²) in [6, 6.07) is 3.82. The van der Waals surface area contributed by atoms with Crippen molar-refractivity contribution in [2.45, 2.75) is 13.3 Å². The first-order valence-corrected chi connectivity index (χ1v) is 5.37. The van der Waals surface area contributed by atoms with Crippen LogP contribution in [-0.4, -0.2) is 4.98 Å². The Morgan fingerprint density at radius 1 is 1.50 bits per heavy atom. The van der Waals surface area contributed by atoms with Crippen molar-refractivity contribution < 1.29 is 4.39 Å². The van der Waals surface area contributed by atoms with Crippen LogP contribution in [0.5, 0.6) is 0 Å². The molecule has 0 spiro atoms. The van der Waals surface area contributed by atoms with Crippen LogP contribution in [0.2, 0.25) is 0 Å². The van der Waals surface area contributed by atoms with Crippen molar-refractivity contribution in [1.82, 2.24) is 4.98 Å².